The fourth-order valence-electron chi connectivity index (χ4n) is 2.40. The van der Waals surface area contributed by atoms with Crippen LogP contribution in [0.25, 0.3) is 0 Å². The summed E-state index contributed by atoms with van der Waals surface area (Å²) in [6.07, 6.45) is 2.40. The monoisotopic (exact) mass is 375 g/mol. The molecule has 7 nitrogen and oxygen atoms in total. The average molecular weight is 375 g/mol. The number of nitrogens with zero attached hydrogens (tertiary/aromatic N) is 1. The van der Waals surface area contributed by atoms with Crippen LogP contribution < -0.4 is 10.6 Å². The number of unbranched alkanes of at least 4 members (excludes halogenated alkanes) is 2. The van der Waals surface area contributed by atoms with Gasteiger partial charge in [0, 0.05) is 13.0 Å². The SMILES string of the molecule is CCCCCNC(=O)C(Cc1ccc(O)c(C#N)c1)NC(=O)OC(C)(C)C. The molecule has 0 aliphatic rings. The number of carbonyl (C=O) groups is 2. The quantitative estimate of drug-likeness (QED) is 0.605. The van der Waals surface area contributed by atoms with Gasteiger partial charge in [0.1, 0.15) is 23.5 Å². The maximum absolute atomic E-state index is 12.5. The molecule has 7 heteroatoms. The first kappa shape index (κ1) is 22.3. The fraction of sp³-hybridized carbons (Fsp3) is 0.550. The van der Waals surface area contributed by atoms with Gasteiger partial charge in [-0.25, -0.2) is 4.79 Å². The van der Waals surface area contributed by atoms with Crippen molar-refractivity contribution in [2.45, 2.75) is 65.0 Å². The van der Waals surface area contributed by atoms with Crippen molar-refractivity contribution in [1.82, 2.24) is 10.6 Å². The molecule has 0 aliphatic heterocycles. The van der Waals surface area contributed by atoms with Crippen LogP contribution in [-0.2, 0) is 16.0 Å². The van der Waals surface area contributed by atoms with Gasteiger partial charge in [-0.15, -0.1) is 0 Å². The first-order valence-electron chi connectivity index (χ1n) is 9.15. The highest BCUT2D eigenvalue weighted by molar-refractivity contribution is 5.86. The van der Waals surface area contributed by atoms with Gasteiger partial charge in [0.25, 0.3) is 0 Å². The Hall–Kier alpha value is -2.75. The van der Waals surface area contributed by atoms with E-state index in [0.29, 0.717) is 12.1 Å². The van der Waals surface area contributed by atoms with Gasteiger partial charge >= 0.3 is 6.09 Å². The summed E-state index contributed by atoms with van der Waals surface area (Å²) in [5, 5.41) is 24.1. The number of hydrogen-bond donors (Lipinski definition) is 3. The molecule has 0 saturated heterocycles. The van der Waals surface area contributed by atoms with Crippen LogP contribution in [0.3, 0.4) is 0 Å². The zero-order chi connectivity index (χ0) is 20.4. The zero-order valence-corrected chi connectivity index (χ0v) is 16.5. The third-order valence-electron chi connectivity index (χ3n) is 3.71. The Morgan fingerprint density at radius 3 is 2.59 bits per heavy atom. The van der Waals surface area contributed by atoms with Gasteiger partial charge in [0.05, 0.1) is 5.56 Å². The third-order valence-corrected chi connectivity index (χ3v) is 3.71. The van der Waals surface area contributed by atoms with Gasteiger partial charge in [-0.2, -0.15) is 5.26 Å². The van der Waals surface area contributed by atoms with E-state index in [0.717, 1.165) is 19.3 Å². The van der Waals surface area contributed by atoms with Crippen LogP contribution in [0.1, 0.15) is 58.1 Å². The van der Waals surface area contributed by atoms with Gasteiger partial charge in [0.2, 0.25) is 5.91 Å². The van der Waals surface area contributed by atoms with E-state index in [1.54, 1.807) is 26.8 Å². The lowest BCUT2D eigenvalue weighted by Crippen LogP contribution is -2.49. The van der Waals surface area contributed by atoms with E-state index < -0.39 is 17.7 Å². The van der Waals surface area contributed by atoms with Crippen LogP contribution in [0.2, 0.25) is 0 Å². The van der Waals surface area contributed by atoms with Crippen LogP contribution in [0.15, 0.2) is 18.2 Å². The highest BCUT2D eigenvalue weighted by Gasteiger charge is 2.24. The van der Waals surface area contributed by atoms with Crippen molar-refractivity contribution in [3.8, 4) is 11.8 Å². The Balaban J connectivity index is 2.87. The number of alkyl carbamates (subject to hydrolysis) is 1. The van der Waals surface area contributed by atoms with Crippen molar-refractivity contribution < 1.29 is 19.4 Å². The summed E-state index contributed by atoms with van der Waals surface area (Å²) in [6, 6.07) is 5.57. The molecule has 0 spiro atoms. The normalized spacial score (nSPS) is 12.0. The van der Waals surface area contributed by atoms with Gasteiger partial charge < -0.3 is 20.5 Å². The highest BCUT2D eigenvalue weighted by atomic mass is 16.6. The molecule has 0 radical (unpaired) electrons. The molecule has 1 atom stereocenters. The number of nitriles is 1. The number of amides is 2. The zero-order valence-electron chi connectivity index (χ0n) is 16.5. The number of phenols is 1. The number of carbonyl (C=O) groups excluding carboxylic acids is 2. The predicted octanol–water partition coefficient (Wildman–Crippen LogP) is 3.01. The molecular formula is C20H29N3O4. The number of benzene rings is 1. The lowest BCUT2D eigenvalue weighted by Gasteiger charge is -2.23. The lowest BCUT2D eigenvalue weighted by atomic mass is 10.0. The summed E-state index contributed by atoms with van der Waals surface area (Å²) in [5.41, 5.74) is 0.0830. The smallest absolute Gasteiger partial charge is 0.408 e. The van der Waals surface area contributed by atoms with Gasteiger partial charge in [-0.1, -0.05) is 25.8 Å². The molecule has 0 aromatic heterocycles. The minimum absolute atomic E-state index is 0.117. The molecule has 0 saturated carbocycles. The maximum Gasteiger partial charge on any atom is 0.408 e. The van der Waals surface area contributed by atoms with Crippen molar-refractivity contribution >= 4 is 12.0 Å². The van der Waals surface area contributed by atoms with E-state index in [1.165, 1.54) is 12.1 Å². The number of hydrogen-bond acceptors (Lipinski definition) is 5. The second kappa shape index (κ2) is 10.4. The summed E-state index contributed by atoms with van der Waals surface area (Å²) in [4.78, 5) is 24.6. The summed E-state index contributed by atoms with van der Waals surface area (Å²) >= 11 is 0. The lowest BCUT2D eigenvalue weighted by molar-refractivity contribution is -0.123. The van der Waals surface area contributed by atoms with Crippen molar-refractivity contribution in [2.75, 3.05) is 6.54 Å². The first-order valence-corrected chi connectivity index (χ1v) is 9.15. The molecule has 1 aromatic rings. The van der Waals surface area contributed by atoms with Crippen LogP contribution in [-0.4, -0.2) is 35.3 Å². The van der Waals surface area contributed by atoms with E-state index in [9.17, 15) is 14.7 Å². The van der Waals surface area contributed by atoms with Gasteiger partial charge in [-0.3, -0.25) is 4.79 Å². The number of phenolic OH excluding ortho intramolecular Hbond substituents is 1. The van der Waals surface area contributed by atoms with Crippen LogP contribution >= 0.6 is 0 Å². The molecule has 0 fully saturated rings. The third kappa shape index (κ3) is 8.45. The first-order chi connectivity index (χ1) is 12.7. The van der Waals surface area contributed by atoms with Gasteiger partial charge in [-0.05, 0) is 44.9 Å². The maximum atomic E-state index is 12.5. The Labute approximate surface area is 160 Å². The van der Waals surface area contributed by atoms with Crippen molar-refractivity contribution in [1.29, 1.82) is 5.26 Å². The molecule has 2 amide bonds. The Morgan fingerprint density at radius 2 is 2.00 bits per heavy atom. The second-order valence-corrected chi connectivity index (χ2v) is 7.36. The minimum atomic E-state index is -0.849. The summed E-state index contributed by atoms with van der Waals surface area (Å²) in [5.74, 6) is -0.439. The van der Waals surface area contributed by atoms with E-state index in [2.05, 4.69) is 17.6 Å². The molecule has 27 heavy (non-hydrogen) atoms. The second-order valence-electron chi connectivity index (χ2n) is 7.36. The number of aromatic hydroxyl groups is 1. The van der Waals surface area contributed by atoms with Crippen LogP contribution in [0, 0.1) is 11.3 Å². The molecule has 3 N–H and O–H groups in total. The van der Waals surface area contributed by atoms with Crippen LogP contribution in [0.4, 0.5) is 4.79 Å². The number of ether oxygens (including phenoxy) is 1. The number of rotatable bonds is 8. The topological polar surface area (TPSA) is 111 Å². The fourth-order valence-corrected chi connectivity index (χ4v) is 2.40. The Kier molecular flexibility index (Phi) is 8.60. The molecule has 0 bridgehead atoms. The molecule has 1 aromatic carbocycles. The standard InChI is InChI=1S/C20H29N3O4/c1-5-6-7-10-22-18(25)16(23-19(26)27-20(2,3)4)12-14-8-9-17(24)15(11-14)13-21/h8-9,11,16,24H,5-7,10,12H2,1-4H3,(H,22,25)(H,23,26). The van der Waals surface area contributed by atoms with E-state index in [4.69, 9.17) is 10.00 Å². The molecule has 0 heterocycles. The molecule has 1 unspecified atom stereocenters. The molecule has 148 valence electrons. The van der Waals surface area contributed by atoms with Crippen molar-refractivity contribution in [3.63, 3.8) is 0 Å². The Morgan fingerprint density at radius 1 is 1.30 bits per heavy atom. The largest absolute Gasteiger partial charge is 0.507 e. The summed E-state index contributed by atoms with van der Waals surface area (Å²) < 4.78 is 5.24. The Bertz CT molecular complexity index is 689. The highest BCUT2D eigenvalue weighted by Crippen LogP contribution is 2.18. The van der Waals surface area contributed by atoms with E-state index in [1.807, 2.05) is 6.07 Å². The number of nitrogens with one attached hydrogen (secondary N) is 2. The molecule has 0 aliphatic carbocycles. The van der Waals surface area contributed by atoms with Crippen molar-refractivity contribution in [2.24, 2.45) is 0 Å². The van der Waals surface area contributed by atoms with Gasteiger partial charge in [0.15, 0.2) is 0 Å². The average Bonchev–Trinajstić information content (AvgIpc) is 2.57. The van der Waals surface area contributed by atoms with Crippen LogP contribution in [0.5, 0.6) is 5.75 Å². The van der Waals surface area contributed by atoms with Crippen molar-refractivity contribution in [3.05, 3.63) is 29.3 Å². The molecular weight excluding hydrogens is 346 g/mol. The van der Waals surface area contributed by atoms with E-state index >= 15 is 0 Å². The predicted molar refractivity (Wildman–Crippen MR) is 102 cm³/mol. The van der Waals surface area contributed by atoms with E-state index in [-0.39, 0.29) is 23.6 Å². The summed E-state index contributed by atoms with van der Waals surface area (Å²) in [7, 11) is 0. The molecule has 1 rings (SSSR count). The summed E-state index contributed by atoms with van der Waals surface area (Å²) in [6.45, 7) is 7.83. The minimum Gasteiger partial charge on any atom is -0.507 e.